The Morgan fingerprint density at radius 3 is 2.50 bits per heavy atom. The first kappa shape index (κ1) is 21.6. The Hall–Kier alpha value is -4.28. The van der Waals surface area contributed by atoms with Crippen molar-refractivity contribution in [3.05, 3.63) is 66.2 Å². The van der Waals surface area contributed by atoms with Gasteiger partial charge in [-0.05, 0) is 29.8 Å². The molecular formula is C23H17F3N6O2. The van der Waals surface area contributed by atoms with Crippen LogP contribution in [0.25, 0.3) is 22.2 Å². The molecule has 172 valence electrons. The van der Waals surface area contributed by atoms with E-state index in [1.165, 1.54) is 41.4 Å². The van der Waals surface area contributed by atoms with E-state index in [1.807, 2.05) is 0 Å². The molecule has 3 aromatic heterocycles. The van der Waals surface area contributed by atoms with Crippen LogP contribution in [0, 0.1) is 0 Å². The fourth-order valence-electron chi connectivity index (χ4n) is 3.96. The molecule has 1 aliphatic heterocycles. The number of carbonyl (C=O) groups is 1. The largest absolute Gasteiger partial charge is 0.467 e. The predicted molar refractivity (Wildman–Crippen MR) is 118 cm³/mol. The Balaban J connectivity index is 1.71. The molecule has 34 heavy (non-hydrogen) atoms. The maximum Gasteiger partial charge on any atom is 0.417 e. The molecule has 11 heteroatoms. The monoisotopic (exact) mass is 466 g/mol. The number of benzene rings is 1. The van der Waals surface area contributed by atoms with Gasteiger partial charge in [0.15, 0.2) is 0 Å². The average Bonchev–Trinajstić information content (AvgIpc) is 2.84. The van der Waals surface area contributed by atoms with Gasteiger partial charge in [-0.25, -0.2) is 14.8 Å². The van der Waals surface area contributed by atoms with E-state index in [2.05, 4.69) is 19.9 Å². The van der Waals surface area contributed by atoms with Crippen LogP contribution >= 0.6 is 0 Å². The van der Waals surface area contributed by atoms with E-state index < -0.39 is 17.8 Å². The third kappa shape index (κ3) is 3.54. The van der Waals surface area contributed by atoms with Gasteiger partial charge >= 0.3 is 18.2 Å². The number of rotatable bonds is 3. The Morgan fingerprint density at radius 2 is 1.79 bits per heavy atom. The average molecular weight is 466 g/mol. The summed E-state index contributed by atoms with van der Waals surface area (Å²) in [6.45, 7) is 0.261. The maximum atomic E-state index is 14.1. The van der Waals surface area contributed by atoms with Crippen LogP contribution in [0.5, 0.6) is 6.01 Å². The summed E-state index contributed by atoms with van der Waals surface area (Å²) < 4.78 is 47.3. The van der Waals surface area contributed by atoms with E-state index in [0.29, 0.717) is 22.3 Å². The van der Waals surface area contributed by atoms with Crippen molar-refractivity contribution in [1.29, 1.82) is 0 Å². The highest BCUT2D eigenvalue weighted by Crippen LogP contribution is 2.43. The van der Waals surface area contributed by atoms with Crippen molar-refractivity contribution in [2.45, 2.75) is 12.7 Å². The zero-order valence-electron chi connectivity index (χ0n) is 18.0. The van der Waals surface area contributed by atoms with Gasteiger partial charge in [-0.3, -0.25) is 14.9 Å². The lowest BCUT2D eigenvalue weighted by Crippen LogP contribution is -2.42. The van der Waals surface area contributed by atoms with E-state index in [1.54, 1.807) is 31.6 Å². The number of halogens is 3. The molecule has 0 unspecified atom stereocenters. The van der Waals surface area contributed by atoms with Gasteiger partial charge in [0.2, 0.25) is 0 Å². The minimum absolute atomic E-state index is 0.0421. The van der Waals surface area contributed by atoms with Crippen LogP contribution in [0.4, 0.5) is 29.3 Å². The van der Waals surface area contributed by atoms with Gasteiger partial charge < -0.3 is 9.64 Å². The van der Waals surface area contributed by atoms with Crippen molar-refractivity contribution in [2.75, 3.05) is 19.1 Å². The second-order valence-corrected chi connectivity index (χ2v) is 7.66. The summed E-state index contributed by atoms with van der Waals surface area (Å²) in [6, 6.07) is 6.73. The molecule has 0 aliphatic carbocycles. The first-order chi connectivity index (χ1) is 16.3. The second-order valence-electron chi connectivity index (χ2n) is 7.66. The van der Waals surface area contributed by atoms with Crippen LogP contribution in [-0.2, 0) is 12.7 Å². The van der Waals surface area contributed by atoms with Gasteiger partial charge in [-0.15, -0.1) is 0 Å². The van der Waals surface area contributed by atoms with Crippen molar-refractivity contribution < 1.29 is 22.7 Å². The molecule has 5 rings (SSSR count). The van der Waals surface area contributed by atoms with E-state index in [4.69, 9.17) is 4.74 Å². The highest BCUT2D eigenvalue weighted by atomic mass is 19.4. The number of fused-ring (bicyclic) bond motifs is 3. The molecule has 0 atom stereocenters. The van der Waals surface area contributed by atoms with Crippen LogP contribution in [0.2, 0.25) is 0 Å². The summed E-state index contributed by atoms with van der Waals surface area (Å²) in [6.07, 6.45) is 0.988. The van der Waals surface area contributed by atoms with E-state index >= 15 is 0 Å². The van der Waals surface area contributed by atoms with Crippen LogP contribution in [0.3, 0.4) is 0 Å². The molecule has 0 spiro atoms. The van der Waals surface area contributed by atoms with Crippen molar-refractivity contribution >= 4 is 28.4 Å². The molecule has 0 fully saturated rings. The molecule has 0 saturated carbocycles. The number of amides is 2. The number of carbonyl (C=O) groups excluding carboxylic acids is 1. The Labute approximate surface area is 191 Å². The summed E-state index contributed by atoms with van der Waals surface area (Å²) >= 11 is 0. The lowest BCUT2D eigenvalue weighted by molar-refractivity contribution is -0.137. The Bertz CT molecular complexity index is 1410. The number of hydrogen-bond donors (Lipinski definition) is 0. The number of pyridine rings is 2. The summed E-state index contributed by atoms with van der Waals surface area (Å²) in [5, 5.41) is 0. The third-order valence-electron chi connectivity index (χ3n) is 5.51. The van der Waals surface area contributed by atoms with E-state index in [0.717, 1.165) is 6.07 Å². The van der Waals surface area contributed by atoms with Gasteiger partial charge in [0, 0.05) is 43.0 Å². The standard InChI is InChI=1S/C23H17F3N6O2/c1-31-12-14-11-28-18-4-3-7-27-19(18)20(14)32(22(31)33)15-5-6-16(17(8-15)23(24,25)26)13-9-29-21(34-2)30-10-13/h3-11H,12H2,1-2H3. The van der Waals surface area contributed by atoms with Gasteiger partial charge in [0.1, 0.15) is 5.52 Å². The maximum absolute atomic E-state index is 14.1. The van der Waals surface area contributed by atoms with Crippen molar-refractivity contribution in [1.82, 2.24) is 24.8 Å². The van der Waals surface area contributed by atoms with Gasteiger partial charge in [0.25, 0.3) is 0 Å². The lowest BCUT2D eigenvalue weighted by Gasteiger charge is -2.35. The van der Waals surface area contributed by atoms with E-state index in [9.17, 15) is 18.0 Å². The number of nitrogens with zero attached hydrogens (tertiary/aromatic N) is 6. The number of urea groups is 1. The molecule has 0 radical (unpaired) electrons. The third-order valence-corrected chi connectivity index (χ3v) is 5.51. The second kappa shape index (κ2) is 7.94. The first-order valence-electron chi connectivity index (χ1n) is 10.1. The Kier molecular flexibility index (Phi) is 5.03. The van der Waals surface area contributed by atoms with Crippen LogP contribution in [0.1, 0.15) is 11.1 Å². The molecule has 8 nitrogen and oxygen atoms in total. The van der Waals surface area contributed by atoms with Crippen molar-refractivity contribution in [2.24, 2.45) is 0 Å². The summed E-state index contributed by atoms with van der Waals surface area (Å²) in [5.74, 6) is 0. The molecular weight excluding hydrogens is 449 g/mol. The highest BCUT2D eigenvalue weighted by molar-refractivity contribution is 6.08. The molecule has 2 amide bonds. The van der Waals surface area contributed by atoms with Gasteiger partial charge in [-0.1, -0.05) is 6.07 Å². The number of aromatic nitrogens is 4. The normalized spacial score (nSPS) is 13.9. The molecule has 0 saturated heterocycles. The fraction of sp³-hybridized carbons (Fsp3) is 0.174. The topological polar surface area (TPSA) is 84.3 Å². The molecule has 1 aliphatic rings. The van der Waals surface area contributed by atoms with E-state index in [-0.39, 0.29) is 29.4 Å². The molecule has 0 N–H and O–H groups in total. The van der Waals surface area contributed by atoms with Gasteiger partial charge in [0.05, 0.1) is 36.1 Å². The number of alkyl halides is 3. The summed E-state index contributed by atoms with van der Waals surface area (Å²) in [5.41, 5.74) is 1.24. The molecule has 4 heterocycles. The van der Waals surface area contributed by atoms with Crippen LogP contribution < -0.4 is 9.64 Å². The number of methoxy groups -OCH3 is 1. The zero-order chi connectivity index (χ0) is 24.0. The lowest BCUT2D eigenvalue weighted by atomic mass is 9.99. The smallest absolute Gasteiger partial charge is 0.417 e. The van der Waals surface area contributed by atoms with Crippen LogP contribution in [-0.4, -0.2) is 45.0 Å². The zero-order valence-corrected chi connectivity index (χ0v) is 18.0. The summed E-state index contributed by atoms with van der Waals surface area (Å²) in [4.78, 5) is 32.4. The molecule has 4 aromatic rings. The predicted octanol–water partition coefficient (Wildman–Crippen LogP) is 4.82. The first-order valence-corrected chi connectivity index (χ1v) is 10.1. The minimum atomic E-state index is -4.70. The van der Waals surface area contributed by atoms with Crippen molar-refractivity contribution in [3.63, 3.8) is 0 Å². The highest BCUT2D eigenvalue weighted by Gasteiger charge is 2.37. The van der Waals surface area contributed by atoms with Gasteiger partial charge in [-0.2, -0.15) is 13.2 Å². The quantitative estimate of drug-likeness (QED) is 0.431. The number of hydrogen-bond acceptors (Lipinski definition) is 6. The number of anilines is 2. The van der Waals surface area contributed by atoms with Crippen molar-refractivity contribution in [3.8, 4) is 17.1 Å². The number of ether oxygens (including phenoxy) is 1. The summed E-state index contributed by atoms with van der Waals surface area (Å²) in [7, 11) is 2.94. The van der Waals surface area contributed by atoms with Crippen LogP contribution in [0.15, 0.2) is 55.1 Å². The Morgan fingerprint density at radius 1 is 1.03 bits per heavy atom. The molecule has 0 bridgehead atoms. The minimum Gasteiger partial charge on any atom is -0.467 e. The fourth-order valence-corrected chi connectivity index (χ4v) is 3.96. The SMILES string of the molecule is COc1ncc(-c2ccc(N3C(=O)N(C)Cc4cnc5cccnc5c43)cc2C(F)(F)F)cn1. The molecule has 1 aromatic carbocycles.